The molecule has 1 aromatic heterocycles. The van der Waals surface area contributed by atoms with Crippen molar-refractivity contribution in [3.63, 3.8) is 0 Å². The Kier molecular flexibility index (Phi) is 5.62. The number of carboxylic acid groups (broad SMARTS) is 1. The third-order valence-electron chi connectivity index (χ3n) is 4.25. The molecule has 0 bridgehead atoms. The number of fused-ring (bicyclic) bond motifs is 1. The minimum absolute atomic E-state index is 0.0547. The molecule has 0 fully saturated rings. The number of aromatic hydroxyl groups is 1. The lowest BCUT2D eigenvalue weighted by atomic mass is 10.0. The number of carboxylic acids is 1. The largest absolute Gasteiger partial charge is 0.503 e. The van der Waals surface area contributed by atoms with Crippen molar-refractivity contribution in [2.45, 2.75) is 58.7 Å². The summed E-state index contributed by atoms with van der Waals surface area (Å²) in [6.45, 7) is 7.60. The van der Waals surface area contributed by atoms with Gasteiger partial charge < -0.3 is 25.0 Å². The molecule has 3 N–H and O–H groups in total. The first-order chi connectivity index (χ1) is 12.5. The Morgan fingerprint density at radius 3 is 2.44 bits per heavy atom. The van der Waals surface area contributed by atoms with Gasteiger partial charge in [0.1, 0.15) is 11.6 Å². The number of carbonyl (C=O) groups is 3. The third kappa shape index (κ3) is 4.12. The van der Waals surface area contributed by atoms with Crippen LogP contribution >= 0.6 is 0 Å². The van der Waals surface area contributed by atoms with Crippen molar-refractivity contribution in [2.24, 2.45) is 0 Å². The molecule has 1 aromatic rings. The van der Waals surface area contributed by atoms with Crippen LogP contribution in [0.1, 0.15) is 61.4 Å². The van der Waals surface area contributed by atoms with Crippen LogP contribution in [0.2, 0.25) is 0 Å². The Bertz CT molecular complexity index is 837. The first-order valence-corrected chi connectivity index (χ1v) is 8.80. The van der Waals surface area contributed by atoms with E-state index in [1.165, 1.54) is 9.47 Å². The summed E-state index contributed by atoms with van der Waals surface area (Å²) in [6.07, 6.45) is 2.43. The Labute approximate surface area is 156 Å². The van der Waals surface area contributed by atoms with Gasteiger partial charge in [-0.1, -0.05) is 13.3 Å². The molecule has 1 aliphatic rings. The van der Waals surface area contributed by atoms with Crippen molar-refractivity contribution in [1.29, 1.82) is 0 Å². The molecule has 9 heteroatoms. The number of nitrogens with one attached hydrogen (secondary N) is 1. The average Bonchev–Trinajstić information content (AvgIpc) is 2.54. The van der Waals surface area contributed by atoms with Crippen molar-refractivity contribution in [3.8, 4) is 5.75 Å². The lowest BCUT2D eigenvalue weighted by Crippen LogP contribution is -2.58. The maximum Gasteiger partial charge on any atom is 0.341 e. The van der Waals surface area contributed by atoms with Gasteiger partial charge in [-0.05, 0) is 27.2 Å². The molecule has 1 unspecified atom stereocenters. The molecule has 0 aromatic carbocycles. The zero-order valence-electron chi connectivity index (χ0n) is 15.9. The van der Waals surface area contributed by atoms with Gasteiger partial charge in [0.25, 0.3) is 5.91 Å². The van der Waals surface area contributed by atoms with E-state index in [0.717, 1.165) is 12.6 Å². The van der Waals surface area contributed by atoms with Crippen LogP contribution in [0, 0.1) is 0 Å². The molecule has 0 aliphatic carbocycles. The van der Waals surface area contributed by atoms with E-state index in [-0.39, 0.29) is 24.7 Å². The summed E-state index contributed by atoms with van der Waals surface area (Å²) >= 11 is 0. The molecule has 9 nitrogen and oxygen atoms in total. The van der Waals surface area contributed by atoms with Gasteiger partial charge in [0.15, 0.2) is 11.4 Å². The number of amides is 2. The van der Waals surface area contributed by atoms with Gasteiger partial charge in [-0.2, -0.15) is 0 Å². The van der Waals surface area contributed by atoms with E-state index in [2.05, 4.69) is 5.32 Å². The number of rotatable bonds is 5. The fourth-order valence-electron chi connectivity index (χ4n) is 3.00. The zero-order chi connectivity index (χ0) is 20.5. The normalized spacial score (nSPS) is 16.8. The van der Waals surface area contributed by atoms with Crippen molar-refractivity contribution in [1.82, 2.24) is 14.8 Å². The van der Waals surface area contributed by atoms with E-state index in [1.807, 2.05) is 27.7 Å². The van der Waals surface area contributed by atoms with E-state index in [1.54, 1.807) is 0 Å². The maximum atomic E-state index is 12.9. The van der Waals surface area contributed by atoms with E-state index >= 15 is 0 Å². The molecular formula is C18H25N3O6. The number of hydrogen-bond acceptors (Lipinski definition) is 5. The van der Waals surface area contributed by atoms with Gasteiger partial charge in [0.2, 0.25) is 11.3 Å². The van der Waals surface area contributed by atoms with E-state index in [0.29, 0.717) is 6.42 Å². The Morgan fingerprint density at radius 1 is 1.30 bits per heavy atom. The molecule has 2 rings (SSSR count). The maximum absolute atomic E-state index is 12.9. The summed E-state index contributed by atoms with van der Waals surface area (Å²) in [5, 5.41) is 22.1. The number of aromatic nitrogens is 1. The number of hydrogen-bond donors (Lipinski definition) is 3. The molecule has 0 radical (unpaired) electrons. The monoisotopic (exact) mass is 379 g/mol. The predicted molar refractivity (Wildman–Crippen MR) is 97.0 cm³/mol. The van der Waals surface area contributed by atoms with Crippen LogP contribution in [0.5, 0.6) is 5.75 Å². The van der Waals surface area contributed by atoms with Gasteiger partial charge in [-0.25, -0.2) is 4.79 Å². The number of nitrogens with zero attached hydrogens (tertiary/aromatic N) is 2. The van der Waals surface area contributed by atoms with Gasteiger partial charge in [-0.3, -0.25) is 14.4 Å². The Balaban J connectivity index is 2.56. The smallest absolute Gasteiger partial charge is 0.341 e. The number of unbranched alkanes of at least 4 members (excludes halogenated alkanes) is 1. The minimum atomic E-state index is -1.51. The standard InChI is InChI=1S/C18H25N3O6/c1-5-6-7-21-11(15(24)19-18(2,3)4)9-20-8-10(17(26)27)13(22)14(23)12(20)16(21)25/h8,11,23H,5-7,9H2,1-4H3,(H,19,24)(H,26,27). The SMILES string of the molecule is CCCCN1C(=O)c2c(O)c(=O)c(C(=O)O)cn2CC1C(=O)NC(C)(C)C. The predicted octanol–water partition coefficient (Wildman–Crippen LogP) is 0.791. The highest BCUT2D eigenvalue weighted by Gasteiger charge is 2.40. The zero-order valence-corrected chi connectivity index (χ0v) is 15.9. The second kappa shape index (κ2) is 7.42. The number of pyridine rings is 1. The summed E-state index contributed by atoms with van der Waals surface area (Å²) in [6, 6.07) is -0.876. The molecule has 0 saturated heterocycles. The van der Waals surface area contributed by atoms with E-state index < -0.39 is 40.2 Å². The molecule has 27 heavy (non-hydrogen) atoms. The van der Waals surface area contributed by atoms with Crippen LogP contribution in [0.4, 0.5) is 0 Å². The van der Waals surface area contributed by atoms with Crippen molar-refractivity contribution in [3.05, 3.63) is 27.7 Å². The molecule has 2 amide bonds. The Morgan fingerprint density at radius 2 is 1.93 bits per heavy atom. The molecule has 0 spiro atoms. The topological polar surface area (TPSA) is 129 Å². The van der Waals surface area contributed by atoms with Crippen LogP contribution < -0.4 is 10.7 Å². The lowest BCUT2D eigenvalue weighted by Gasteiger charge is -2.38. The number of carbonyl (C=O) groups excluding carboxylic acids is 2. The van der Waals surface area contributed by atoms with Crippen molar-refractivity contribution in [2.75, 3.05) is 6.54 Å². The van der Waals surface area contributed by atoms with Gasteiger partial charge in [0, 0.05) is 18.3 Å². The molecule has 1 aliphatic heterocycles. The second-order valence-corrected chi connectivity index (χ2v) is 7.63. The fraction of sp³-hybridized carbons (Fsp3) is 0.556. The summed E-state index contributed by atoms with van der Waals surface area (Å²) in [5.74, 6) is -3.47. The summed E-state index contributed by atoms with van der Waals surface area (Å²) < 4.78 is 1.18. The molecule has 1 atom stereocenters. The van der Waals surface area contributed by atoms with E-state index in [4.69, 9.17) is 5.11 Å². The average molecular weight is 379 g/mol. The van der Waals surface area contributed by atoms with Crippen LogP contribution in [0.3, 0.4) is 0 Å². The quantitative estimate of drug-likeness (QED) is 0.694. The highest BCUT2D eigenvalue weighted by molar-refractivity contribution is 6.00. The molecule has 148 valence electrons. The highest BCUT2D eigenvalue weighted by Crippen LogP contribution is 2.24. The number of aromatic carboxylic acids is 1. The highest BCUT2D eigenvalue weighted by atomic mass is 16.4. The van der Waals surface area contributed by atoms with Gasteiger partial charge >= 0.3 is 5.97 Å². The van der Waals surface area contributed by atoms with Crippen molar-refractivity contribution < 1.29 is 24.6 Å². The molecule has 0 saturated carbocycles. The molecular weight excluding hydrogens is 354 g/mol. The van der Waals surface area contributed by atoms with Crippen LogP contribution in [0.25, 0.3) is 0 Å². The van der Waals surface area contributed by atoms with Gasteiger partial charge in [-0.15, -0.1) is 0 Å². The lowest BCUT2D eigenvalue weighted by molar-refractivity contribution is -0.128. The first-order valence-electron chi connectivity index (χ1n) is 8.80. The Hall–Kier alpha value is -2.84. The first kappa shape index (κ1) is 20.5. The van der Waals surface area contributed by atoms with Crippen LogP contribution in [-0.4, -0.2) is 55.6 Å². The third-order valence-corrected chi connectivity index (χ3v) is 4.25. The van der Waals surface area contributed by atoms with E-state index in [9.17, 15) is 24.3 Å². The molecule has 2 heterocycles. The van der Waals surface area contributed by atoms with Crippen LogP contribution in [0.15, 0.2) is 11.0 Å². The summed E-state index contributed by atoms with van der Waals surface area (Å²) in [7, 11) is 0. The fourth-order valence-corrected chi connectivity index (χ4v) is 3.00. The van der Waals surface area contributed by atoms with Crippen molar-refractivity contribution >= 4 is 17.8 Å². The van der Waals surface area contributed by atoms with Crippen LogP contribution in [-0.2, 0) is 11.3 Å². The second-order valence-electron chi connectivity index (χ2n) is 7.63. The summed E-state index contributed by atoms with van der Waals surface area (Å²) in [4.78, 5) is 50.3. The minimum Gasteiger partial charge on any atom is -0.503 e. The summed E-state index contributed by atoms with van der Waals surface area (Å²) in [5.41, 5.74) is -2.58. The van der Waals surface area contributed by atoms with Gasteiger partial charge in [0.05, 0.1) is 6.54 Å².